The second-order valence-corrected chi connectivity index (χ2v) is 9.06. The van der Waals surface area contributed by atoms with Crippen LogP contribution in [0.1, 0.15) is 42.9 Å². The minimum absolute atomic E-state index is 0.0428. The topological polar surface area (TPSA) is 143 Å². The lowest BCUT2D eigenvalue weighted by Crippen LogP contribution is -2.31. The summed E-state index contributed by atoms with van der Waals surface area (Å²) < 4.78 is 36.0. The normalized spacial score (nSPS) is 11.4. The van der Waals surface area contributed by atoms with Crippen LogP contribution in [0.3, 0.4) is 0 Å². The molecule has 1 heterocycles. The van der Waals surface area contributed by atoms with E-state index >= 15 is 0 Å². The van der Waals surface area contributed by atoms with Gasteiger partial charge in [-0.05, 0) is 43.7 Å². The van der Waals surface area contributed by atoms with Crippen LogP contribution < -0.4 is 15.2 Å². The minimum Gasteiger partial charge on any atom is -0.493 e. The van der Waals surface area contributed by atoms with Crippen LogP contribution in [0.2, 0.25) is 0 Å². The Morgan fingerprint density at radius 3 is 2.62 bits per heavy atom. The van der Waals surface area contributed by atoms with Crippen molar-refractivity contribution in [3.8, 4) is 5.75 Å². The number of aryl methyl sites for hydroxylation is 1. The molecule has 1 aromatic heterocycles. The molecule has 0 saturated carbocycles. The van der Waals surface area contributed by atoms with Crippen molar-refractivity contribution in [1.29, 1.82) is 0 Å². The van der Waals surface area contributed by atoms with E-state index in [-0.39, 0.29) is 18.0 Å². The maximum atomic E-state index is 12.4. The molecule has 0 radical (unpaired) electrons. The summed E-state index contributed by atoms with van der Waals surface area (Å²) in [6, 6.07) is 11.2. The molecule has 0 saturated heterocycles. The molecule has 3 N–H and O–H groups in total. The molecule has 0 fully saturated rings. The average molecular weight is 489 g/mol. The Bertz CT molecular complexity index is 1290. The fourth-order valence-electron chi connectivity index (χ4n) is 3.39. The maximum absolute atomic E-state index is 12.4. The Kier molecular flexibility index (Phi) is 8.24. The monoisotopic (exact) mass is 488 g/mol. The molecule has 2 aromatic carbocycles. The third-order valence-corrected chi connectivity index (χ3v) is 5.96. The van der Waals surface area contributed by atoms with Gasteiger partial charge in [-0.15, -0.1) is 0 Å². The van der Waals surface area contributed by atoms with Gasteiger partial charge in [-0.1, -0.05) is 25.5 Å². The number of hydrogen-bond acceptors (Lipinski definition) is 7. The number of carbonyl (C=O) groups is 2. The third-order valence-electron chi connectivity index (χ3n) is 5.05. The fourth-order valence-corrected chi connectivity index (χ4v) is 3.93. The largest absolute Gasteiger partial charge is 0.493 e. The highest BCUT2D eigenvalue weighted by Gasteiger charge is 2.17. The summed E-state index contributed by atoms with van der Waals surface area (Å²) in [5, 5.41) is 7.76. The minimum atomic E-state index is -3.87. The van der Waals surface area contributed by atoms with Crippen LogP contribution in [0.15, 0.2) is 47.4 Å². The SMILES string of the molecule is CCCCn1c(COC(=O)CNC(=O)c2ccccc2OCC)nc2cc(S(N)(=O)=O)ccc21. The molecule has 11 heteroatoms. The molecule has 3 aromatic rings. The second kappa shape index (κ2) is 11.1. The van der Waals surface area contributed by atoms with Crippen molar-refractivity contribution < 1.29 is 27.5 Å². The van der Waals surface area contributed by atoms with Crippen LogP contribution in [0, 0.1) is 0 Å². The Hall–Kier alpha value is -3.44. The first-order valence-electron chi connectivity index (χ1n) is 10.9. The van der Waals surface area contributed by atoms with Gasteiger partial charge in [0, 0.05) is 6.54 Å². The summed E-state index contributed by atoms with van der Waals surface area (Å²) in [6.45, 7) is 4.43. The van der Waals surface area contributed by atoms with Crippen LogP contribution >= 0.6 is 0 Å². The number of para-hydroxylation sites is 1. The van der Waals surface area contributed by atoms with Gasteiger partial charge >= 0.3 is 5.97 Å². The van der Waals surface area contributed by atoms with E-state index in [2.05, 4.69) is 10.3 Å². The molecule has 3 rings (SSSR count). The van der Waals surface area contributed by atoms with Crippen LogP contribution in [0.5, 0.6) is 5.75 Å². The average Bonchev–Trinajstić information content (AvgIpc) is 3.16. The second-order valence-electron chi connectivity index (χ2n) is 7.50. The van der Waals surface area contributed by atoms with E-state index in [9.17, 15) is 18.0 Å². The number of aromatic nitrogens is 2. The number of benzene rings is 2. The zero-order valence-corrected chi connectivity index (χ0v) is 19.9. The summed E-state index contributed by atoms with van der Waals surface area (Å²) in [5.74, 6) is -0.191. The molecule has 34 heavy (non-hydrogen) atoms. The lowest BCUT2D eigenvalue weighted by Gasteiger charge is -2.11. The van der Waals surface area contributed by atoms with E-state index < -0.39 is 21.9 Å². The first kappa shape index (κ1) is 25.2. The lowest BCUT2D eigenvalue weighted by atomic mass is 10.2. The smallest absolute Gasteiger partial charge is 0.325 e. The van der Waals surface area contributed by atoms with E-state index in [0.29, 0.717) is 41.3 Å². The van der Waals surface area contributed by atoms with Crippen LogP contribution in [-0.4, -0.2) is 43.0 Å². The van der Waals surface area contributed by atoms with Crippen LogP contribution in [-0.2, 0) is 32.7 Å². The van der Waals surface area contributed by atoms with Crippen molar-refractivity contribution in [3.63, 3.8) is 0 Å². The zero-order chi connectivity index (χ0) is 24.7. The molecule has 0 atom stereocenters. The van der Waals surface area contributed by atoms with E-state index in [0.717, 1.165) is 12.8 Å². The highest BCUT2D eigenvalue weighted by Crippen LogP contribution is 2.21. The molecular weight excluding hydrogens is 460 g/mol. The number of ether oxygens (including phenoxy) is 2. The molecule has 10 nitrogen and oxygen atoms in total. The molecular formula is C23H28N4O6S. The van der Waals surface area contributed by atoms with Gasteiger partial charge in [-0.3, -0.25) is 9.59 Å². The maximum Gasteiger partial charge on any atom is 0.325 e. The number of amides is 1. The number of esters is 1. The van der Waals surface area contributed by atoms with Crippen LogP contribution in [0.4, 0.5) is 0 Å². The molecule has 0 aliphatic heterocycles. The van der Waals surface area contributed by atoms with Gasteiger partial charge in [0.05, 0.1) is 28.1 Å². The Morgan fingerprint density at radius 2 is 1.91 bits per heavy atom. The van der Waals surface area contributed by atoms with E-state index in [1.165, 1.54) is 12.1 Å². The number of unbranched alkanes of at least 4 members (excludes halogenated alkanes) is 1. The van der Waals surface area contributed by atoms with Gasteiger partial charge < -0.3 is 19.4 Å². The summed E-state index contributed by atoms with van der Waals surface area (Å²) in [6.07, 6.45) is 1.79. The van der Waals surface area contributed by atoms with Crippen molar-refractivity contribution in [3.05, 3.63) is 53.9 Å². The van der Waals surface area contributed by atoms with Gasteiger partial charge in [0.25, 0.3) is 5.91 Å². The molecule has 0 aliphatic carbocycles. The number of hydrogen-bond donors (Lipinski definition) is 2. The standard InChI is InChI=1S/C23H28N4O6S/c1-3-5-12-27-19-11-10-16(34(24,30)31)13-18(19)26-21(27)15-33-22(28)14-25-23(29)17-8-6-7-9-20(17)32-4-2/h6-11,13H,3-5,12,14-15H2,1-2H3,(H,25,29)(H2,24,30,31). The number of carbonyl (C=O) groups excluding carboxylic acids is 2. The summed E-state index contributed by atoms with van der Waals surface area (Å²) in [7, 11) is -3.87. The van der Waals surface area contributed by atoms with E-state index in [1.807, 2.05) is 18.4 Å². The zero-order valence-electron chi connectivity index (χ0n) is 19.1. The molecule has 0 bridgehead atoms. The highest BCUT2D eigenvalue weighted by atomic mass is 32.2. The van der Waals surface area contributed by atoms with Crippen LogP contribution in [0.25, 0.3) is 11.0 Å². The van der Waals surface area contributed by atoms with Gasteiger partial charge in [0.2, 0.25) is 10.0 Å². The van der Waals surface area contributed by atoms with E-state index in [1.54, 1.807) is 30.3 Å². The molecule has 0 aliphatic rings. The molecule has 1 amide bonds. The highest BCUT2D eigenvalue weighted by molar-refractivity contribution is 7.89. The van der Waals surface area contributed by atoms with Gasteiger partial charge in [0.1, 0.15) is 24.7 Å². The van der Waals surface area contributed by atoms with E-state index in [4.69, 9.17) is 14.6 Å². The number of nitrogens with one attached hydrogen (secondary N) is 1. The number of nitrogens with two attached hydrogens (primary N) is 1. The van der Waals surface area contributed by atoms with Gasteiger partial charge in [0.15, 0.2) is 0 Å². The van der Waals surface area contributed by atoms with Crippen molar-refractivity contribution in [2.75, 3.05) is 13.2 Å². The first-order valence-corrected chi connectivity index (χ1v) is 12.5. The van der Waals surface area contributed by atoms with Crippen molar-refractivity contribution in [2.45, 2.75) is 44.7 Å². The number of nitrogens with zero attached hydrogens (tertiary/aromatic N) is 2. The van der Waals surface area contributed by atoms with Crippen molar-refractivity contribution >= 4 is 32.9 Å². The number of sulfonamides is 1. The Morgan fingerprint density at radius 1 is 1.15 bits per heavy atom. The lowest BCUT2D eigenvalue weighted by molar-refractivity contribution is -0.144. The van der Waals surface area contributed by atoms with Crippen molar-refractivity contribution in [2.24, 2.45) is 5.14 Å². The Balaban J connectivity index is 1.69. The summed E-state index contributed by atoms with van der Waals surface area (Å²) >= 11 is 0. The predicted molar refractivity (Wildman–Crippen MR) is 126 cm³/mol. The third kappa shape index (κ3) is 6.12. The van der Waals surface area contributed by atoms with Gasteiger partial charge in [-0.2, -0.15) is 0 Å². The predicted octanol–water partition coefficient (Wildman–Crippen LogP) is 2.36. The van der Waals surface area contributed by atoms with Crippen molar-refractivity contribution in [1.82, 2.24) is 14.9 Å². The molecule has 0 unspecified atom stereocenters. The van der Waals surface area contributed by atoms with Gasteiger partial charge in [-0.25, -0.2) is 18.5 Å². The first-order chi connectivity index (χ1) is 16.2. The fraction of sp³-hybridized carbons (Fsp3) is 0.348. The number of primary sulfonamides is 1. The number of imidazole rings is 1. The summed E-state index contributed by atoms with van der Waals surface area (Å²) in [4.78, 5) is 29.1. The quantitative estimate of drug-likeness (QED) is 0.394. The number of fused-ring (bicyclic) bond motifs is 1. The summed E-state index contributed by atoms with van der Waals surface area (Å²) in [5.41, 5.74) is 1.48. The Labute approximate surface area is 198 Å². The number of rotatable bonds is 11. The molecule has 0 spiro atoms. The molecule has 182 valence electrons.